The van der Waals surface area contributed by atoms with Crippen molar-refractivity contribution in [1.82, 2.24) is 15.1 Å². The molecule has 1 N–H and O–H groups in total. The van der Waals surface area contributed by atoms with E-state index < -0.39 is 0 Å². The van der Waals surface area contributed by atoms with Crippen molar-refractivity contribution in [3.63, 3.8) is 0 Å². The normalized spacial score (nSPS) is 22.8. The molecule has 0 bridgehead atoms. The predicted octanol–water partition coefficient (Wildman–Crippen LogP) is 0.500. The second kappa shape index (κ2) is 7.77. The number of hydrogen-bond donors (Lipinski definition) is 1. The van der Waals surface area contributed by atoms with Crippen LogP contribution in [0.1, 0.15) is 11.6 Å². The van der Waals surface area contributed by atoms with E-state index in [1.165, 1.54) is 0 Å². The minimum Gasteiger partial charge on any atom is -0.497 e. The lowest BCUT2D eigenvalue weighted by molar-refractivity contribution is -0.136. The van der Waals surface area contributed by atoms with E-state index in [0.717, 1.165) is 57.3 Å². The van der Waals surface area contributed by atoms with E-state index in [4.69, 9.17) is 9.47 Å². The number of benzene rings is 1. The summed E-state index contributed by atoms with van der Waals surface area (Å²) >= 11 is 0. The van der Waals surface area contributed by atoms with E-state index in [1.807, 2.05) is 29.2 Å². The van der Waals surface area contributed by atoms with Crippen LogP contribution in [0.2, 0.25) is 0 Å². The second-order valence-corrected chi connectivity index (χ2v) is 5.97. The van der Waals surface area contributed by atoms with Crippen LogP contribution in [0, 0.1) is 0 Å². The van der Waals surface area contributed by atoms with E-state index in [2.05, 4.69) is 10.2 Å². The average Bonchev–Trinajstić information content (AvgIpc) is 2.62. The molecule has 126 valence electrons. The zero-order chi connectivity index (χ0) is 16.1. The monoisotopic (exact) mass is 319 g/mol. The van der Waals surface area contributed by atoms with Gasteiger partial charge in [0.15, 0.2) is 0 Å². The molecule has 0 aliphatic carbocycles. The molecule has 23 heavy (non-hydrogen) atoms. The van der Waals surface area contributed by atoms with Crippen LogP contribution in [-0.4, -0.2) is 75.3 Å². The third-order valence-electron chi connectivity index (χ3n) is 4.53. The lowest BCUT2D eigenvalue weighted by atomic mass is 10.0. The Labute approximate surface area is 137 Å². The number of morpholine rings is 1. The molecule has 3 rings (SSSR count). The van der Waals surface area contributed by atoms with E-state index >= 15 is 0 Å². The maximum Gasteiger partial charge on any atom is 0.237 e. The van der Waals surface area contributed by atoms with E-state index in [0.29, 0.717) is 6.54 Å². The van der Waals surface area contributed by atoms with E-state index in [1.54, 1.807) is 7.11 Å². The molecule has 6 nitrogen and oxygen atoms in total. The minimum atomic E-state index is 0.0863. The van der Waals surface area contributed by atoms with Crippen molar-refractivity contribution in [3.05, 3.63) is 29.8 Å². The third-order valence-corrected chi connectivity index (χ3v) is 4.53. The number of ether oxygens (including phenoxy) is 2. The summed E-state index contributed by atoms with van der Waals surface area (Å²) in [4.78, 5) is 17.0. The highest BCUT2D eigenvalue weighted by Crippen LogP contribution is 2.24. The quantitative estimate of drug-likeness (QED) is 0.876. The first-order chi connectivity index (χ1) is 11.3. The molecule has 0 radical (unpaired) electrons. The van der Waals surface area contributed by atoms with Gasteiger partial charge in [0.25, 0.3) is 0 Å². The number of nitrogens with zero attached hydrogens (tertiary/aromatic N) is 2. The molecule has 1 aromatic carbocycles. The average molecular weight is 319 g/mol. The smallest absolute Gasteiger partial charge is 0.237 e. The molecule has 2 fully saturated rings. The molecule has 0 spiro atoms. The Balaban J connectivity index is 1.68. The van der Waals surface area contributed by atoms with Crippen LogP contribution in [0.4, 0.5) is 0 Å². The lowest BCUT2D eigenvalue weighted by Crippen LogP contribution is -2.52. The lowest BCUT2D eigenvalue weighted by Gasteiger charge is -2.38. The van der Waals surface area contributed by atoms with Crippen molar-refractivity contribution in [3.8, 4) is 5.75 Å². The topological polar surface area (TPSA) is 54.0 Å². The number of hydrogen-bond acceptors (Lipinski definition) is 5. The van der Waals surface area contributed by atoms with Crippen LogP contribution in [0.25, 0.3) is 0 Å². The summed E-state index contributed by atoms with van der Waals surface area (Å²) in [5.74, 6) is 1.04. The van der Waals surface area contributed by atoms with Crippen molar-refractivity contribution < 1.29 is 14.3 Å². The second-order valence-electron chi connectivity index (χ2n) is 5.97. The standard InChI is InChI=1S/C17H25N3O3/c1-22-15-4-2-14(3-5-15)16-12-18-6-7-20(16)17(21)13-19-8-10-23-11-9-19/h2-5,16,18H,6-13H2,1H3. The van der Waals surface area contributed by atoms with Gasteiger partial charge in [0, 0.05) is 32.7 Å². The Morgan fingerprint density at radius 1 is 1.26 bits per heavy atom. The van der Waals surface area contributed by atoms with Gasteiger partial charge in [0.2, 0.25) is 5.91 Å². The minimum absolute atomic E-state index is 0.0863. The van der Waals surface area contributed by atoms with Crippen LogP contribution in [0.5, 0.6) is 5.75 Å². The van der Waals surface area contributed by atoms with Gasteiger partial charge >= 0.3 is 0 Å². The highest BCUT2D eigenvalue weighted by molar-refractivity contribution is 5.79. The first-order valence-electron chi connectivity index (χ1n) is 8.22. The molecule has 1 aromatic rings. The van der Waals surface area contributed by atoms with Crippen LogP contribution in [0.15, 0.2) is 24.3 Å². The Kier molecular flexibility index (Phi) is 5.48. The van der Waals surface area contributed by atoms with Crippen molar-refractivity contribution in [2.24, 2.45) is 0 Å². The number of carbonyl (C=O) groups is 1. The molecular formula is C17H25N3O3. The molecule has 2 aliphatic heterocycles. The number of amides is 1. The van der Waals surface area contributed by atoms with Gasteiger partial charge in [-0.1, -0.05) is 12.1 Å². The van der Waals surface area contributed by atoms with Crippen molar-refractivity contribution in [1.29, 1.82) is 0 Å². The summed E-state index contributed by atoms with van der Waals surface area (Å²) < 4.78 is 10.6. The Bertz CT molecular complexity index is 514. The molecule has 0 aromatic heterocycles. The molecule has 0 saturated carbocycles. The molecular weight excluding hydrogens is 294 g/mol. The highest BCUT2D eigenvalue weighted by atomic mass is 16.5. The Morgan fingerprint density at radius 3 is 2.70 bits per heavy atom. The fraction of sp³-hybridized carbons (Fsp3) is 0.588. The van der Waals surface area contributed by atoms with Gasteiger partial charge in [-0.25, -0.2) is 0 Å². The van der Waals surface area contributed by atoms with Gasteiger partial charge in [-0.05, 0) is 17.7 Å². The van der Waals surface area contributed by atoms with Gasteiger partial charge in [-0.15, -0.1) is 0 Å². The Morgan fingerprint density at radius 2 is 2.00 bits per heavy atom. The molecule has 2 heterocycles. The van der Waals surface area contributed by atoms with Crippen LogP contribution in [0.3, 0.4) is 0 Å². The van der Waals surface area contributed by atoms with Gasteiger partial charge in [0.1, 0.15) is 5.75 Å². The number of rotatable bonds is 4. The van der Waals surface area contributed by atoms with E-state index in [-0.39, 0.29) is 11.9 Å². The van der Waals surface area contributed by atoms with Crippen molar-refractivity contribution in [2.75, 3.05) is 59.6 Å². The van der Waals surface area contributed by atoms with E-state index in [9.17, 15) is 4.79 Å². The summed E-state index contributed by atoms with van der Waals surface area (Å²) in [7, 11) is 1.66. The van der Waals surface area contributed by atoms with Gasteiger partial charge in [-0.3, -0.25) is 9.69 Å². The predicted molar refractivity (Wildman–Crippen MR) is 87.6 cm³/mol. The maximum atomic E-state index is 12.8. The first-order valence-corrected chi connectivity index (χ1v) is 8.22. The Hall–Kier alpha value is -1.63. The SMILES string of the molecule is COc1ccc(C2CNCCN2C(=O)CN2CCOCC2)cc1. The van der Waals surface area contributed by atoms with Crippen molar-refractivity contribution >= 4 is 5.91 Å². The molecule has 6 heteroatoms. The highest BCUT2D eigenvalue weighted by Gasteiger charge is 2.29. The van der Waals surface area contributed by atoms with Crippen LogP contribution >= 0.6 is 0 Å². The number of piperazine rings is 1. The largest absolute Gasteiger partial charge is 0.497 e. The zero-order valence-corrected chi connectivity index (χ0v) is 13.7. The number of carbonyl (C=O) groups excluding carboxylic acids is 1. The molecule has 2 aliphatic rings. The summed E-state index contributed by atoms with van der Waals surface area (Å²) in [5.41, 5.74) is 1.15. The molecule has 1 unspecified atom stereocenters. The molecule has 1 atom stereocenters. The molecule has 2 saturated heterocycles. The van der Waals surface area contributed by atoms with Gasteiger partial charge < -0.3 is 19.7 Å². The summed E-state index contributed by atoms with van der Waals surface area (Å²) in [6.07, 6.45) is 0. The number of methoxy groups -OCH3 is 1. The summed E-state index contributed by atoms with van der Waals surface area (Å²) in [5, 5.41) is 3.39. The maximum absolute atomic E-state index is 12.8. The van der Waals surface area contributed by atoms with Crippen LogP contribution < -0.4 is 10.1 Å². The van der Waals surface area contributed by atoms with Crippen molar-refractivity contribution in [2.45, 2.75) is 6.04 Å². The first kappa shape index (κ1) is 16.2. The number of nitrogens with one attached hydrogen (secondary N) is 1. The summed E-state index contributed by atoms with van der Waals surface area (Å²) in [6.45, 7) is 5.99. The summed E-state index contributed by atoms with van der Waals surface area (Å²) in [6, 6.07) is 8.09. The third kappa shape index (κ3) is 4.02. The van der Waals surface area contributed by atoms with Gasteiger partial charge in [-0.2, -0.15) is 0 Å². The fourth-order valence-corrected chi connectivity index (χ4v) is 3.17. The van der Waals surface area contributed by atoms with Crippen LogP contribution in [-0.2, 0) is 9.53 Å². The fourth-order valence-electron chi connectivity index (χ4n) is 3.17. The van der Waals surface area contributed by atoms with Gasteiger partial charge in [0.05, 0.1) is 32.9 Å². The zero-order valence-electron chi connectivity index (χ0n) is 13.7. The molecule has 1 amide bonds.